The first-order chi connectivity index (χ1) is 6.72. The van der Waals surface area contributed by atoms with Gasteiger partial charge in [0.15, 0.2) is 0 Å². The fraction of sp³-hybridized carbons (Fsp3) is 0.667. The number of hydrogen-bond donors (Lipinski definition) is 1. The molecule has 0 saturated heterocycles. The lowest BCUT2D eigenvalue weighted by molar-refractivity contribution is 0.391. The van der Waals surface area contributed by atoms with E-state index in [1.807, 2.05) is 11.3 Å². The van der Waals surface area contributed by atoms with Gasteiger partial charge in [0, 0.05) is 9.75 Å². The molecule has 1 aromatic rings. The van der Waals surface area contributed by atoms with Gasteiger partial charge in [0.2, 0.25) is 0 Å². The Kier molecular flexibility index (Phi) is 2.93. The number of aryl methyl sites for hydroxylation is 2. The Morgan fingerprint density at radius 2 is 2.36 bits per heavy atom. The van der Waals surface area contributed by atoms with E-state index in [1.54, 1.807) is 10.4 Å². The van der Waals surface area contributed by atoms with E-state index < -0.39 is 0 Å². The topological polar surface area (TPSA) is 26.0 Å². The number of hydrogen-bond acceptors (Lipinski definition) is 2. The molecule has 2 rings (SSSR count). The molecule has 0 bridgehead atoms. The van der Waals surface area contributed by atoms with Crippen LogP contribution in [0.2, 0.25) is 0 Å². The zero-order valence-corrected chi connectivity index (χ0v) is 9.86. The SMILES string of the molecule is Cc1cc2c(s1)CCC(C)C2CCN. The van der Waals surface area contributed by atoms with E-state index in [1.165, 1.54) is 17.7 Å². The lowest BCUT2D eigenvalue weighted by Crippen LogP contribution is -2.19. The van der Waals surface area contributed by atoms with Crippen LogP contribution >= 0.6 is 11.3 Å². The Hall–Kier alpha value is -0.340. The second kappa shape index (κ2) is 4.03. The largest absolute Gasteiger partial charge is 0.330 e. The standard InChI is InChI=1S/C12H19NS/c1-8-3-4-12-11(7-9(2)14-12)10(8)5-6-13/h7-8,10H,3-6,13H2,1-2H3. The van der Waals surface area contributed by atoms with E-state index in [-0.39, 0.29) is 0 Å². The molecular weight excluding hydrogens is 190 g/mol. The summed E-state index contributed by atoms with van der Waals surface area (Å²) in [4.78, 5) is 3.09. The van der Waals surface area contributed by atoms with Crippen molar-refractivity contribution in [3.8, 4) is 0 Å². The van der Waals surface area contributed by atoms with Gasteiger partial charge in [-0.15, -0.1) is 11.3 Å². The van der Waals surface area contributed by atoms with Gasteiger partial charge in [0.1, 0.15) is 0 Å². The molecule has 1 aliphatic rings. The van der Waals surface area contributed by atoms with Crippen molar-refractivity contribution in [3.05, 3.63) is 21.4 Å². The van der Waals surface area contributed by atoms with Gasteiger partial charge in [-0.3, -0.25) is 0 Å². The molecule has 2 unspecified atom stereocenters. The summed E-state index contributed by atoms with van der Waals surface area (Å²) in [7, 11) is 0. The highest BCUT2D eigenvalue weighted by Crippen LogP contribution is 2.41. The highest BCUT2D eigenvalue weighted by Gasteiger charge is 2.27. The molecule has 2 heteroatoms. The van der Waals surface area contributed by atoms with Gasteiger partial charge in [0.05, 0.1) is 0 Å². The molecular formula is C12H19NS. The van der Waals surface area contributed by atoms with Crippen LogP contribution in [0.15, 0.2) is 6.07 Å². The maximum atomic E-state index is 5.69. The Bertz CT molecular complexity index is 316. The van der Waals surface area contributed by atoms with Crippen LogP contribution in [-0.4, -0.2) is 6.54 Å². The Morgan fingerprint density at radius 1 is 1.57 bits per heavy atom. The average Bonchev–Trinajstić information content (AvgIpc) is 2.51. The summed E-state index contributed by atoms with van der Waals surface area (Å²) in [5, 5.41) is 0. The minimum Gasteiger partial charge on any atom is -0.330 e. The second-order valence-electron chi connectivity index (χ2n) is 4.44. The minimum absolute atomic E-state index is 0.730. The molecule has 2 N–H and O–H groups in total. The molecule has 1 nitrogen and oxygen atoms in total. The Morgan fingerprint density at radius 3 is 3.07 bits per heavy atom. The maximum absolute atomic E-state index is 5.69. The van der Waals surface area contributed by atoms with E-state index in [0.29, 0.717) is 0 Å². The van der Waals surface area contributed by atoms with Crippen LogP contribution < -0.4 is 5.73 Å². The number of fused-ring (bicyclic) bond motifs is 1. The first kappa shape index (κ1) is 10.2. The summed E-state index contributed by atoms with van der Waals surface area (Å²) in [5.41, 5.74) is 7.30. The van der Waals surface area contributed by atoms with Gasteiger partial charge in [-0.05, 0) is 56.2 Å². The summed E-state index contributed by atoms with van der Waals surface area (Å²) < 4.78 is 0. The predicted octanol–water partition coefficient (Wildman–Crippen LogP) is 3.07. The van der Waals surface area contributed by atoms with Crippen LogP contribution in [0, 0.1) is 12.8 Å². The maximum Gasteiger partial charge on any atom is 0.00830 e. The number of rotatable bonds is 2. The van der Waals surface area contributed by atoms with Crippen LogP contribution in [-0.2, 0) is 6.42 Å². The van der Waals surface area contributed by atoms with Crippen molar-refractivity contribution in [1.29, 1.82) is 0 Å². The molecule has 0 spiro atoms. The average molecular weight is 209 g/mol. The fourth-order valence-corrected chi connectivity index (χ4v) is 3.70. The summed E-state index contributed by atoms with van der Waals surface area (Å²) in [6.45, 7) is 5.41. The van der Waals surface area contributed by atoms with Crippen LogP contribution in [0.4, 0.5) is 0 Å². The molecule has 1 aromatic heterocycles. The fourth-order valence-electron chi connectivity index (χ4n) is 2.58. The van der Waals surface area contributed by atoms with E-state index in [9.17, 15) is 0 Å². The zero-order chi connectivity index (χ0) is 10.1. The van der Waals surface area contributed by atoms with E-state index in [2.05, 4.69) is 19.9 Å². The van der Waals surface area contributed by atoms with Gasteiger partial charge in [-0.2, -0.15) is 0 Å². The summed E-state index contributed by atoms with van der Waals surface area (Å²) in [6, 6.07) is 2.38. The summed E-state index contributed by atoms with van der Waals surface area (Å²) in [6.07, 6.45) is 3.79. The smallest absolute Gasteiger partial charge is 0.00830 e. The van der Waals surface area contributed by atoms with Gasteiger partial charge in [-0.1, -0.05) is 6.92 Å². The van der Waals surface area contributed by atoms with Crippen molar-refractivity contribution in [3.63, 3.8) is 0 Å². The first-order valence-electron chi connectivity index (χ1n) is 5.51. The van der Waals surface area contributed by atoms with E-state index in [0.717, 1.165) is 24.8 Å². The van der Waals surface area contributed by atoms with Gasteiger partial charge in [0.25, 0.3) is 0 Å². The van der Waals surface area contributed by atoms with Crippen molar-refractivity contribution in [2.24, 2.45) is 11.7 Å². The number of nitrogens with two attached hydrogens (primary N) is 1. The van der Waals surface area contributed by atoms with E-state index in [4.69, 9.17) is 5.73 Å². The lowest BCUT2D eigenvalue weighted by atomic mass is 9.77. The monoisotopic (exact) mass is 209 g/mol. The Labute approximate surface area is 90.3 Å². The minimum atomic E-state index is 0.730. The van der Waals surface area contributed by atoms with Crippen molar-refractivity contribution >= 4 is 11.3 Å². The number of thiophene rings is 1. The molecule has 2 atom stereocenters. The summed E-state index contributed by atoms with van der Waals surface area (Å²) in [5.74, 6) is 1.55. The molecule has 0 saturated carbocycles. The van der Waals surface area contributed by atoms with Crippen LogP contribution in [0.5, 0.6) is 0 Å². The third kappa shape index (κ3) is 1.73. The van der Waals surface area contributed by atoms with Crippen molar-refractivity contribution in [1.82, 2.24) is 0 Å². The van der Waals surface area contributed by atoms with Crippen LogP contribution in [0.25, 0.3) is 0 Å². The molecule has 0 aliphatic heterocycles. The molecule has 78 valence electrons. The van der Waals surface area contributed by atoms with Crippen molar-refractivity contribution in [2.45, 2.75) is 39.0 Å². The normalized spacial score (nSPS) is 26.2. The van der Waals surface area contributed by atoms with Gasteiger partial charge < -0.3 is 5.73 Å². The Balaban J connectivity index is 2.30. The molecule has 1 aliphatic carbocycles. The van der Waals surface area contributed by atoms with Crippen molar-refractivity contribution in [2.75, 3.05) is 6.54 Å². The molecule has 1 heterocycles. The van der Waals surface area contributed by atoms with Gasteiger partial charge >= 0.3 is 0 Å². The lowest BCUT2D eigenvalue weighted by Gasteiger charge is -2.28. The van der Waals surface area contributed by atoms with Crippen LogP contribution in [0.1, 0.15) is 41.0 Å². The third-order valence-corrected chi connectivity index (χ3v) is 4.48. The van der Waals surface area contributed by atoms with Crippen LogP contribution in [0.3, 0.4) is 0 Å². The highest BCUT2D eigenvalue weighted by molar-refractivity contribution is 7.12. The highest BCUT2D eigenvalue weighted by atomic mass is 32.1. The molecule has 0 fully saturated rings. The quantitative estimate of drug-likeness (QED) is 0.796. The van der Waals surface area contributed by atoms with Gasteiger partial charge in [-0.25, -0.2) is 0 Å². The third-order valence-electron chi connectivity index (χ3n) is 3.36. The summed E-state index contributed by atoms with van der Waals surface area (Å²) >= 11 is 1.98. The second-order valence-corrected chi connectivity index (χ2v) is 5.78. The molecule has 0 amide bonds. The predicted molar refractivity (Wildman–Crippen MR) is 63.0 cm³/mol. The molecule has 0 radical (unpaired) electrons. The van der Waals surface area contributed by atoms with E-state index >= 15 is 0 Å². The molecule has 14 heavy (non-hydrogen) atoms. The molecule has 0 aromatic carbocycles. The first-order valence-corrected chi connectivity index (χ1v) is 6.33. The van der Waals surface area contributed by atoms with Crippen molar-refractivity contribution < 1.29 is 0 Å². The zero-order valence-electron chi connectivity index (χ0n) is 9.05.